The Morgan fingerprint density at radius 3 is 2.74 bits per heavy atom. The molecule has 0 atom stereocenters. The van der Waals surface area contributed by atoms with Gasteiger partial charge in [0.05, 0.1) is 11.8 Å². The Balaban J connectivity index is 2.28. The van der Waals surface area contributed by atoms with E-state index in [0.29, 0.717) is 5.69 Å². The fourth-order valence-corrected chi connectivity index (χ4v) is 1.78. The van der Waals surface area contributed by atoms with Crippen molar-refractivity contribution >= 4 is 17.6 Å². The molecule has 2 rings (SSSR count). The molecule has 1 aromatic heterocycles. The van der Waals surface area contributed by atoms with Gasteiger partial charge in [0.2, 0.25) is 0 Å². The fourth-order valence-electron chi connectivity index (χ4n) is 1.78. The van der Waals surface area contributed by atoms with E-state index in [4.69, 9.17) is 5.11 Å². The van der Waals surface area contributed by atoms with Crippen molar-refractivity contribution in [2.75, 3.05) is 5.32 Å². The van der Waals surface area contributed by atoms with Gasteiger partial charge >= 0.3 is 5.97 Å². The van der Waals surface area contributed by atoms with Gasteiger partial charge in [0.1, 0.15) is 0 Å². The van der Waals surface area contributed by atoms with Crippen molar-refractivity contribution in [1.82, 2.24) is 9.78 Å². The SMILES string of the molecule is Cc1cccc(NC(=O)c2cnn(C)c2C(=O)O)c1. The van der Waals surface area contributed by atoms with Crippen LogP contribution < -0.4 is 5.32 Å². The van der Waals surface area contributed by atoms with Crippen molar-refractivity contribution in [1.29, 1.82) is 0 Å². The molecule has 0 saturated carbocycles. The number of amides is 1. The average Bonchev–Trinajstić information content (AvgIpc) is 2.71. The molecule has 0 bridgehead atoms. The molecule has 19 heavy (non-hydrogen) atoms. The summed E-state index contributed by atoms with van der Waals surface area (Å²) in [7, 11) is 1.48. The number of aromatic carboxylic acids is 1. The Labute approximate surface area is 109 Å². The fraction of sp³-hybridized carbons (Fsp3) is 0.154. The summed E-state index contributed by atoms with van der Waals surface area (Å²) in [6.07, 6.45) is 1.24. The van der Waals surface area contributed by atoms with Gasteiger partial charge in [0.25, 0.3) is 5.91 Å². The van der Waals surface area contributed by atoms with E-state index in [2.05, 4.69) is 10.4 Å². The molecule has 1 aromatic carbocycles. The Morgan fingerprint density at radius 1 is 1.37 bits per heavy atom. The van der Waals surface area contributed by atoms with Crippen LogP contribution in [0.5, 0.6) is 0 Å². The monoisotopic (exact) mass is 259 g/mol. The summed E-state index contributed by atoms with van der Waals surface area (Å²) >= 11 is 0. The van der Waals surface area contributed by atoms with Gasteiger partial charge in [-0.05, 0) is 24.6 Å². The zero-order valence-electron chi connectivity index (χ0n) is 10.5. The zero-order valence-corrected chi connectivity index (χ0v) is 10.5. The summed E-state index contributed by atoms with van der Waals surface area (Å²) in [6.45, 7) is 1.91. The minimum absolute atomic E-state index is 0.0384. The van der Waals surface area contributed by atoms with Crippen LogP contribution in [-0.4, -0.2) is 26.8 Å². The molecule has 6 nitrogen and oxygen atoms in total. The first-order chi connectivity index (χ1) is 8.99. The number of hydrogen-bond donors (Lipinski definition) is 2. The Bertz CT molecular complexity index is 646. The number of rotatable bonds is 3. The van der Waals surface area contributed by atoms with Crippen LogP contribution in [0.2, 0.25) is 0 Å². The number of carbonyl (C=O) groups is 2. The number of aromatic nitrogens is 2. The van der Waals surface area contributed by atoms with E-state index < -0.39 is 11.9 Å². The minimum Gasteiger partial charge on any atom is -0.477 e. The molecule has 1 heterocycles. The number of anilines is 1. The highest BCUT2D eigenvalue weighted by Crippen LogP contribution is 2.13. The maximum absolute atomic E-state index is 12.0. The zero-order chi connectivity index (χ0) is 14.0. The molecule has 0 aliphatic rings. The summed E-state index contributed by atoms with van der Waals surface area (Å²) in [5.41, 5.74) is 1.52. The summed E-state index contributed by atoms with van der Waals surface area (Å²) in [5.74, 6) is -1.68. The van der Waals surface area contributed by atoms with Gasteiger partial charge in [-0.3, -0.25) is 9.48 Å². The van der Waals surface area contributed by atoms with Gasteiger partial charge in [-0.15, -0.1) is 0 Å². The molecule has 0 unspecified atom stereocenters. The number of nitrogens with zero attached hydrogens (tertiary/aromatic N) is 2. The molecular formula is C13H13N3O3. The van der Waals surface area contributed by atoms with Crippen LogP contribution in [0, 0.1) is 6.92 Å². The van der Waals surface area contributed by atoms with E-state index in [9.17, 15) is 9.59 Å². The van der Waals surface area contributed by atoms with E-state index in [0.717, 1.165) is 10.2 Å². The molecule has 0 aliphatic carbocycles. The molecule has 0 radical (unpaired) electrons. The lowest BCUT2D eigenvalue weighted by molar-refractivity contribution is 0.0680. The molecule has 1 amide bonds. The average molecular weight is 259 g/mol. The van der Waals surface area contributed by atoms with Crippen molar-refractivity contribution in [2.24, 2.45) is 7.05 Å². The first-order valence-electron chi connectivity index (χ1n) is 5.62. The predicted molar refractivity (Wildman–Crippen MR) is 69.3 cm³/mol. The largest absolute Gasteiger partial charge is 0.477 e. The smallest absolute Gasteiger partial charge is 0.354 e. The van der Waals surface area contributed by atoms with Crippen molar-refractivity contribution in [3.8, 4) is 0 Å². The number of carbonyl (C=O) groups excluding carboxylic acids is 1. The van der Waals surface area contributed by atoms with E-state index in [1.54, 1.807) is 12.1 Å². The molecule has 6 heteroatoms. The number of hydrogen-bond acceptors (Lipinski definition) is 3. The second kappa shape index (κ2) is 4.93. The molecular weight excluding hydrogens is 246 g/mol. The van der Waals surface area contributed by atoms with E-state index in [-0.39, 0.29) is 11.3 Å². The van der Waals surface area contributed by atoms with Crippen LogP contribution in [0.3, 0.4) is 0 Å². The van der Waals surface area contributed by atoms with Crippen molar-refractivity contribution in [3.63, 3.8) is 0 Å². The van der Waals surface area contributed by atoms with Gasteiger partial charge in [0.15, 0.2) is 5.69 Å². The maximum Gasteiger partial charge on any atom is 0.354 e. The lowest BCUT2D eigenvalue weighted by Gasteiger charge is -2.05. The first kappa shape index (κ1) is 12.8. The van der Waals surface area contributed by atoms with Crippen molar-refractivity contribution in [3.05, 3.63) is 47.3 Å². The van der Waals surface area contributed by atoms with Gasteiger partial charge in [0, 0.05) is 12.7 Å². The summed E-state index contributed by atoms with van der Waals surface area (Å²) < 4.78 is 1.16. The Kier molecular flexibility index (Phi) is 3.33. The van der Waals surface area contributed by atoms with Crippen LogP contribution in [-0.2, 0) is 7.05 Å². The van der Waals surface area contributed by atoms with Gasteiger partial charge in [-0.2, -0.15) is 5.10 Å². The van der Waals surface area contributed by atoms with Crippen LogP contribution >= 0.6 is 0 Å². The number of nitrogens with one attached hydrogen (secondary N) is 1. The molecule has 0 spiro atoms. The summed E-state index contributed by atoms with van der Waals surface area (Å²) in [5, 5.41) is 15.5. The van der Waals surface area contributed by atoms with Crippen molar-refractivity contribution in [2.45, 2.75) is 6.92 Å². The Morgan fingerprint density at radius 2 is 2.11 bits per heavy atom. The van der Waals surface area contributed by atoms with E-state index in [1.807, 2.05) is 19.1 Å². The third-order valence-electron chi connectivity index (χ3n) is 2.66. The molecule has 2 aromatic rings. The Hall–Kier alpha value is -2.63. The lowest BCUT2D eigenvalue weighted by Crippen LogP contribution is -2.17. The summed E-state index contributed by atoms with van der Waals surface area (Å²) in [4.78, 5) is 23.1. The molecule has 98 valence electrons. The lowest BCUT2D eigenvalue weighted by atomic mass is 10.2. The highest BCUT2D eigenvalue weighted by atomic mass is 16.4. The number of carboxylic acid groups (broad SMARTS) is 1. The minimum atomic E-state index is -1.19. The first-order valence-corrected chi connectivity index (χ1v) is 5.62. The third-order valence-corrected chi connectivity index (χ3v) is 2.66. The molecule has 2 N–H and O–H groups in total. The number of aryl methyl sites for hydroxylation is 2. The molecule has 0 saturated heterocycles. The topological polar surface area (TPSA) is 84.2 Å². The van der Waals surface area contributed by atoms with Gasteiger partial charge < -0.3 is 10.4 Å². The maximum atomic E-state index is 12.0. The highest BCUT2D eigenvalue weighted by Gasteiger charge is 2.21. The molecule has 0 fully saturated rings. The van der Waals surface area contributed by atoms with E-state index >= 15 is 0 Å². The second-order valence-corrected chi connectivity index (χ2v) is 4.16. The van der Waals surface area contributed by atoms with Gasteiger partial charge in [-0.25, -0.2) is 4.79 Å². The standard InChI is InChI=1S/C13H13N3O3/c1-8-4-3-5-9(6-8)15-12(17)10-7-14-16(2)11(10)13(18)19/h3-7H,1-2H3,(H,15,17)(H,18,19). The second-order valence-electron chi connectivity index (χ2n) is 4.16. The van der Waals surface area contributed by atoms with Crippen molar-refractivity contribution < 1.29 is 14.7 Å². The van der Waals surface area contributed by atoms with Crippen LogP contribution in [0.1, 0.15) is 26.4 Å². The highest BCUT2D eigenvalue weighted by molar-refractivity contribution is 6.09. The number of benzene rings is 1. The molecule has 0 aliphatic heterocycles. The van der Waals surface area contributed by atoms with Crippen LogP contribution in [0.25, 0.3) is 0 Å². The van der Waals surface area contributed by atoms with Crippen LogP contribution in [0.4, 0.5) is 5.69 Å². The normalized spacial score (nSPS) is 10.2. The number of carboxylic acids is 1. The third kappa shape index (κ3) is 2.62. The summed E-state index contributed by atoms with van der Waals surface area (Å²) in [6, 6.07) is 7.26. The quantitative estimate of drug-likeness (QED) is 0.878. The van der Waals surface area contributed by atoms with E-state index in [1.165, 1.54) is 13.2 Å². The van der Waals surface area contributed by atoms with Gasteiger partial charge in [-0.1, -0.05) is 12.1 Å². The van der Waals surface area contributed by atoms with Crippen LogP contribution in [0.15, 0.2) is 30.5 Å². The predicted octanol–water partition coefficient (Wildman–Crippen LogP) is 1.68.